The highest BCUT2D eigenvalue weighted by Crippen LogP contribution is 2.35. The molecular weight excluding hydrogens is 380 g/mol. The summed E-state index contributed by atoms with van der Waals surface area (Å²) in [6, 6.07) is 11.2. The van der Waals surface area contributed by atoms with Crippen LogP contribution in [0.15, 0.2) is 52.4 Å². The molecule has 6 nitrogen and oxygen atoms in total. The van der Waals surface area contributed by atoms with E-state index in [9.17, 15) is 9.59 Å². The van der Waals surface area contributed by atoms with Crippen LogP contribution in [0.1, 0.15) is 6.92 Å². The molecule has 0 aliphatic rings. The van der Waals surface area contributed by atoms with Crippen molar-refractivity contribution in [2.24, 2.45) is 0 Å². The van der Waals surface area contributed by atoms with Crippen molar-refractivity contribution in [1.29, 1.82) is 0 Å². The van der Waals surface area contributed by atoms with Gasteiger partial charge in [-0.1, -0.05) is 6.07 Å². The van der Waals surface area contributed by atoms with Gasteiger partial charge < -0.3 is 10.6 Å². The number of hydrogen-bond acceptors (Lipinski definition) is 6. The lowest BCUT2D eigenvalue weighted by Crippen LogP contribution is -2.18. The van der Waals surface area contributed by atoms with Gasteiger partial charge >= 0.3 is 0 Å². The number of nitrogens with one attached hydrogen (secondary N) is 2. The third-order valence-electron chi connectivity index (χ3n) is 4.25. The predicted octanol–water partition coefficient (Wildman–Crippen LogP) is 3.89. The van der Waals surface area contributed by atoms with Crippen LogP contribution in [0.2, 0.25) is 0 Å². The van der Waals surface area contributed by atoms with Gasteiger partial charge in [-0.05, 0) is 37.3 Å². The minimum absolute atomic E-state index is 0.146. The molecule has 136 valence electrons. The second-order valence-corrected chi connectivity index (χ2v) is 7.41. The Bertz CT molecular complexity index is 1230. The average molecular weight is 396 g/mol. The van der Waals surface area contributed by atoms with E-state index in [1.54, 1.807) is 18.2 Å². The van der Waals surface area contributed by atoms with Crippen molar-refractivity contribution < 1.29 is 4.79 Å². The molecule has 0 saturated heterocycles. The molecular formula is C19H16N4O2S2. The summed E-state index contributed by atoms with van der Waals surface area (Å²) < 4.78 is 3.09. The van der Waals surface area contributed by atoms with Crippen LogP contribution in [0, 0.1) is 0 Å². The van der Waals surface area contributed by atoms with Gasteiger partial charge in [0.1, 0.15) is 11.0 Å². The van der Waals surface area contributed by atoms with Crippen LogP contribution in [0.4, 0.5) is 11.4 Å². The average Bonchev–Trinajstić information content (AvgIpc) is 3.05. The Hall–Kier alpha value is -2.84. The minimum Gasteiger partial charge on any atom is -0.385 e. The number of carbonyl (C=O) groups excluding carboxylic acids is 1. The second kappa shape index (κ2) is 7.05. The maximum atomic E-state index is 13.1. The van der Waals surface area contributed by atoms with Crippen LogP contribution in [0.5, 0.6) is 0 Å². The smallest absolute Gasteiger partial charge is 0.275 e. The summed E-state index contributed by atoms with van der Waals surface area (Å²) in [5, 5.41) is 6.89. The first kappa shape index (κ1) is 17.6. The Labute approximate surface area is 164 Å². The van der Waals surface area contributed by atoms with E-state index in [-0.39, 0.29) is 5.56 Å². The molecule has 4 aromatic rings. The molecule has 0 bridgehead atoms. The Morgan fingerprint density at radius 1 is 1.26 bits per heavy atom. The summed E-state index contributed by atoms with van der Waals surface area (Å²) >= 11 is 5.74. The topological polar surface area (TPSA) is 76.0 Å². The fourth-order valence-electron chi connectivity index (χ4n) is 3.05. The standard InChI is InChI=1S/C19H16N4O2S2/c1-2-20-12-4-3-5-15-16(12)17-18(27-15)19(25)23(9-21-17)11-6-7-14(26)13(8-11)22-10-24/h3-10,20,26H,2H2,1H3,(H,22,24). The number of fused-ring (bicyclic) bond motifs is 3. The zero-order chi connectivity index (χ0) is 19.0. The third kappa shape index (κ3) is 2.96. The molecule has 2 aromatic heterocycles. The van der Waals surface area contributed by atoms with Gasteiger partial charge in [0.25, 0.3) is 5.56 Å². The van der Waals surface area contributed by atoms with Crippen LogP contribution in [0.25, 0.3) is 26.0 Å². The summed E-state index contributed by atoms with van der Waals surface area (Å²) in [5.74, 6) is 0. The molecule has 0 unspecified atom stereocenters. The van der Waals surface area contributed by atoms with Crippen molar-refractivity contribution in [3.63, 3.8) is 0 Å². The number of carbonyl (C=O) groups is 1. The van der Waals surface area contributed by atoms with Gasteiger partial charge in [0.05, 0.1) is 16.9 Å². The lowest BCUT2D eigenvalue weighted by atomic mass is 10.2. The molecule has 27 heavy (non-hydrogen) atoms. The number of thiol groups is 1. The summed E-state index contributed by atoms with van der Waals surface area (Å²) in [6.07, 6.45) is 2.11. The lowest BCUT2D eigenvalue weighted by Gasteiger charge is -2.09. The number of rotatable bonds is 5. The van der Waals surface area contributed by atoms with E-state index < -0.39 is 0 Å². The minimum atomic E-state index is -0.146. The summed E-state index contributed by atoms with van der Waals surface area (Å²) in [7, 11) is 0. The molecule has 2 aromatic carbocycles. The number of amides is 1. The first-order chi connectivity index (χ1) is 13.1. The van der Waals surface area contributed by atoms with E-state index in [4.69, 9.17) is 0 Å². The maximum absolute atomic E-state index is 13.1. The van der Waals surface area contributed by atoms with E-state index in [2.05, 4.69) is 28.2 Å². The molecule has 1 amide bonds. The number of anilines is 2. The van der Waals surface area contributed by atoms with Crippen LogP contribution in [-0.2, 0) is 4.79 Å². The number of aromatic nitrogens is 2. The fraction of sp³-hybridized carbons (Fsp3) is 0.105. The number of nitrogens with zero attached hydrogens (tertiary/aromatic N) is 2. The van der Waals surface area contributed by atoms with E-state index in [1.165, 1.54) is 22.2 Å². The summed E-state index contributed by atoms with van der Waals surface area (Å²) in [5.41, 5.74) is 2.67. The van der Waals surface area contributed by atoms with Crippen LogP contribution in [0.3, 0.4) is 0 Å². The molecule has 0 fully saturated rings. The largest absolute Gasteiger partial charge is 0.385 e. The van der Waals surface area contributed by atoms with Gasteiger partial charge in [-0.15, -0.1) is 24.0 Å². The van der Waals surface area contributed by atoms with Crippen molar-refractivity contribution in [2.45, 2.75) is 11.8 Å². The molecule has 0 atom stereocenters. The Balaban J connectivity index is 1.95. The summed E-state index contributed by atoms with van der Waals surface area (Å²) in [4.78, 5) is 29.1. The van der Waals surface area contributed by atoms with Crippen molar-refractivity contribution in [3.05, 3.63) is 53.1 Å². The maximum Gasteiger partial charge on any atom is 0.275 e. The fourth-order valence-corrected chi connectivity index (χ4v) is 4.37. The Morgan fingerprint density at radius 3 is 2.89 bits per heavy atom. The van der Waals surface area contributed by atoms with Crippen LogP contribution >= 0.6 is 24.0 Å². The molecule has 0 radical (unpaired) electrons. The Morgan fingerprint density at radius 2 is 2.11 bits per heavy atom. The van der Waals surface area contributed by atoms with Gasteiger partial charge in [0.15, 0.2) is 0 Å². The van der Waals surface area contributed by atoms with Crippen molar-refractivity contribution in [2.75, 3.05) is 17.2 Å². The van der Waals surface area contributed by atoms with Gasteiger partial charge in [-0.2, -0.15) is 0 Å². The number of hydrogen-bond donors (Lipinski definition) is 3. The van der Waals surface area contributed by atoms with E-state index in [0.717, 1.165) is 22.3 Å². The first-order valence-electron chi connectivity index (χ1n) is 8.34. The normalized spacial score (nSPS) is 11.0. The SMILES string of the molecule is CCNc1cccc2sc3c(=O)n(-c4ccc(S)c(NC=O)c4)cnc3c12. The molecule has 2 N–H and O–H groups in total. The van der Waals surface area contributed by atoms with E-state index >= 15 is 0 Å². The third-order valence-corrected chi connectivity index (χ3v) is 5.77. The van der Waals surface area contributed by atoms with Gasteiger partial charge in [-0.25, -0.2) is 4.98 Å². The first-order valence-corrected chi connectivity index (χ1v) is 9.60. The van der Waals surface area contributed by atoms with Crippen molar-refractivity contribution in [3.8, 4) is 5.69 Å². The zero-order valence-electron chi connectivity index (χ0n) is 14.4. The number of benzene rings is 2. The zero-order valence-corrected chi connectivity index (χ0v) is 16.1. The highest BCUT2D eigenvalue weighted by Gasteiger charge is 2.15. The molecule has 8 heteroatoms. The molecule has 0 saturated carbocycles. The van der Waals surface area contributed by atoms with Crippen molar-refractivity contribution in [1.82, 2.24) is 9.55 Å². The predicted molar refractivity (Wildman–Crippen MR) is 114 cm³/mol. The molecule has 0 aliphatic carbocycles. The Kier molecular flexibility index (Phi) is 4.59. The molecule has 2 heterocycles. The number of thiophene rings is 1. The van der Waals surface area contributed by atoms with Crippen molar-refractivity contribution >= 4 is 62.1 Å². The molecule has 0 aliphatic heterocycles. The monoisotopic (exact) mass is 396 g/mol. The van der Waals surface area contributed by atoms with Gasteiger partial charge in [-0.3, -0.25) is 14.2 Å². The molecule has 4 rings (SSSR count). The highest BCUT2D eigenvalue weighted by molar-refractivity contribution is 7.80. The van der Waals surface area contributed by atoms with Crippen LogP contribution < -0.4 is 16.2 Å². The van der Waals surface area contributed by atoms with E-state index in [1.807, 2.05) is 25.1 Å². The lowest BCUT2D eigenvalue weighted by molar-refractivity contribution is -0.105. The highest BCUT2D eigenvalue weighted by atomic mass is 32.1. The van der Waals surface area contributed by atoms with Crippen LogP contribution in [-0.4, -0.2) is 22.5 Å². The van der Waals surface area contributed by atoms with Gasteiger partial charge in [0, 0.05) is 27.2 Å². The summed E-state index contributed by atoms with van der Waals surface area (Å²) in [6.45, 7) is 2.82. The second-order valence-electron chi connectivity index (χ2n) is 5.87. The van der Waals surface area contributed by atoms with Gasteiger partial charge in [0.2, 0.25) is 6.41 Å². The quantitative estimate of drug-likeness (QED) is 0.353. The molecule has 0 spiro atoms. The van der Waals surface area contributed by atoms with E-state index in [0.29, 0.717) is 32.9 Å².